The first-order chi connectivity index (χ1) is 8.73. The zero-order chi connectivity index (χ0) is 13.0. The molecule has 1 aromatic rings. The summed E-state index contributed by atoms with van der Waals surface area (Å²) in [6, 6.07) is 0.199. The molecule has 0 bridgehead atoms. The molecule has 1 N–H and O–H groups in total. The summed E-state index contributed by atoms with van der Waals surface area (Å²) in [6.45, 7) is 3.19. The molecule has 0 amide bonds. The maximum Gasteiger partial charge on any atom is 0.128 e. The van der Waals surface area contributed by atoms with E-state index in [0.717, 1.165) is 31.6 Å². The number of rotatable bonds is 6. The lowest BCUT2D eigenvalue weighted by atomic mass is 9.91. The van der Waals surface area contributed by atoms with E-state index >= 15 is 0 Å². The fraction of sp³-hybridized carbons (Fsp3) is 0.786. The molecule has 1 fully saturated rings. The molecule has 4 nitrogen and oxygen atoms in total. The Balaban J connectivity index is 2.26. The molecule has 1 aromatic heterocycles. The molecule has 1 unspecified atom stereocenters. The van der Waals surface area contributed by atoms with Crippen LogP contribution in [0.15, 0.2) is 12.4 Å². The van der Waals surface area contributed by atoms with Crippen molar-refractivity contribution in [1.82, 2.24) is 14.9 Å². The summed E-state index contributed by atoms with van der Waals surface area (Å²) in [4.78, 5) is 4.53. The average molecular weight is 251 g/mol. The highest BCUT2D eigenvalue weighted by atomic mass is 16.5. The highest BCUT2D eigenvalue weighted by molar-refractivity contribution is 5.09. The lowest BCUT2D eigenvalue weighted by molar-refractivity contribution is -0.0396. The molecule has 0 aromatic carbocycles. The Morgan fingerprint density at radius 2 is 2.22 bits per heavy atom. The number of hydrogen-bond donors (Lipinski definition) is 1. The van der Waals surface area contributed by atoms with Gasteiger partial charge in [0.15, 0.2) is 0 Å². The molecule has 18 heavy (non-hydrogen) atoms. The lowest BCUT2D eigenvalue weighted by Gasteiger charge is -2.36. The van der Waals surface area contributed by atoms with Crippen LogP contribution < -0.4 is 5.32 Å². The fourth-order valence-electron chi connectivity index (χ4n) is 3.04. The molecule has 0 aliphatic heterocycles. The summed E-state index contributed by atoms with van der Waals surface area (Å²) >= 11 is 0. The zero-order valence-corrected chi connectivity index (χ0v) is 11.8. The largest absolute Gasteiger partial charge is 0.376 e. The van der Waals surface area contributed by atoms with Crippen LogP contribution in [0.25, 0.3) is 0 Å². The molecule has 0 saturated heterocycles. The van der Waals surface area contributed by atoms with Crippen molar-refractivity contribution in [3.8, 4) is 0 Å². The summed E-state index contributed by atoms with van der Waals surface area (Å²) in [6.07, 6.45) is 9.75. The van der Waals surface area contributed by atoms with Crippen molar-refractivity contribution in [2.24, 2.45) is 7.05 Å². The number of ether oxygens (including phenoxy) is 1. The molecule has 2 rings (SSSR count). The minimum atomic E-state index is -0.0751. The van der Waals surface area contributed by atoms with Gasteiger partial charge in [-0.25, -0.2) is 4.98 Å². The number of hydrogen-bond acceptors (Lipinski definition) is 3. The van der Waals surface area contributed by atoms with Crippen molar-refractivity contribution in [3.63, 3.8) is 0 Å². The highest BCUT2D eigenvalue weighted by Crippen LogP contribution is 2.42. The Kier molecular flexibility index (Phi) is 4.40. The minimum Gasteiger partial charge on any atom is -0.376 e. The molecule has 1 saturated carbocycles. The van der Waals surface area contributed by atoms with Crippen LogP contribution in [-0.4, -0.2) is 28.8 Å². The van der Waals surface area contributed by atoms with Gasteiger partial charge in [0.05, 0.1) is 11.6 Å². The van der Waals surface area contributed by atoms with E-state index in [1.807, 2.05) is 19.5 Å². The number of nitrogens with zero attached hydrogens (tertiary/aromatic N) is 2. The smallest absolute Gasteiger partial charge is 0.128 e. The maximum atomic E-state index is 5.92. The SMILES string of the molecule is CCCNC(c1nccn1C)C1(OC)CCCC1. The van der Waals surface area contributed by atoms with Crippen molar-refractivity contribution in [2.75, 3.05) is 13.7 Å². The van der Waals surface area contributed by atoms with Crippen LogP contribution in [0.3, 0.4) is 0 Å². The summed E-state index contributed by atoms with van der Waals surface area (Å²) in [5.74, 6) is 1.09. The zero-order valence-electron chi connectivity index (χ0n) is 11.8. The normalized spacial score (nSPS) is 20.2. The van der Waals surface area contributed by atoms with Crippen LogP contribution in [0.1, 0.15) is 50.9 Å². The van der Waals surface area contributed by atoms with Gasteiger partial charge in [-0.3, -0.25) is 0 Å². The minimum absolute atomic E-state index is 0.0751. The summed E-state index contributed by atoms with van der Waals surface area (Å²) < 4.78 is 8.02. The van der Waals surface area contributed by atoms with Crippen molar-refractivity contribution < 1.29 is 4.74 Å². The predicted octanol–water partition coefficient (Wildman–Crippen LogP) is 2.42. The Labute approximate surface area is 110 Å². The third-order valence-electron chi connectivity index (χ3n) is 4.10. The van der Waals surface area contributed by atoms with Crippen LogP contribution in [0.5, 0.6) is 0 Å². The third-order valence-corrected chi connectivity index (χ3v) is 4.10. The first kappa shape index (κ1) is 13.6. The van der Waals surface area contributed by atoms with Gasteiger partial charge in [0.1, 0.15) is 5.82 Å². The molecule has 4 heteroatoms. The van der Waals surface area contributed by atoms with E-state index < -0.39 is 0 Å². The molecule has 1 atom stereocenters. The van der Waals surface area contributed by atoms with Crippen LogP contribution in [0.4, 0.5) is 0 Å². The van der Waals surface area contributed by atoms with Crippen molar-refractivity contribution in [3.05, 3.63) is 18.2 Å². The average Bonchev–Trinajstić information content (AvgIpc) is 3.01. The van der Waals surface area contributed by atoms with Crippen molar-refractivity contribution >= 4 is 0 Å². The fourth-order valence-corrected chi connectivity index (χ4v) is 3.04. The molecule has 0 spiro atoms. The second-order valence-electron chi connectivity index (χ2n) is 5.26. The van der Waals surface area contributed by atoms with Gasteiger partial charge in [-0.05, 0) is 25.8 Å². The van der Waals surface area contributed by atoms with E-state index in [-0.39, 0.29) is 11.6 Å². The molecular formula is C14H25N3O. The van der Waals surface area contributed by atoms with Gasteiger partial charge in [0.25, 0.3) is 0 Å². The van der Waals surface area contributed by atoms with Gasteiger partial charge in [-0.2, -0.15) is 0 Å². The molecule has 1 aliphatic carbocycles. The monoisotopic (exact) mass is 251 g/mol. The maximum absolute atomic E-state index is 5.92. The van der Waals surface area contributed by atoms with E-state index in [9.17, 15) is 0 Å². The van der Waals surface area contributed by atoms with Gasteiger partial charge in [0, 0.05) is 26.6 Å². The molecule has 1 aliphatic rings. The van der Waals surface area contributed by atoms with Gasteiger partial charge < -0.3 is 14.6 Å². The topological polar surface area (TPSA) is 39.1 Å². The summed E-state index contributed by atoms with van der Waals surface area (Å²) in [5.41, 5.74) is -0.0751. The van der Waals surface area contributed by atoms with Crippen LogP contribution >= 0.6 is 0 Å². The second-order valence-corrected chi connectivity index (χ2v) is 5.26. The van der Waals surface area contributed by atoms with Crippen molar-refractivity contribution in [2.45, 2.75) is 50.7 Å². The Morgan fingerprint density at radius 1 is 1.50 bits per heavy atom. The number of nitrogens with one attached hydrogen (secondary N) is 1. The quantitative estimate of drug-likeness (QED) is 0.844. The molecule has 102 valence electrons. The van der Waals surface area contributed by atoms with E-state index in [2.05, 4.69) is 28.8 Å². The highest BCUT2D eigenvalue weighted by Gasteiger charge is 2.43. The first-order valence-corrected chi connectivity index (χ1v) is 6.99. The third kappa shape index (κ3) is 2.45. The number of aromatic nitrogens is 2. The Bertz CT molecular complexity index is 369. The standard InChI is InChI=1S/C14H25N3O/c1-4-9-15-12(13-16-10-11-17(13)2)14(18-3)7-5-6-8-14/h10-12,15H,4-9H2,1-3H3. The summed E-state index contributed by atoms with van der Waals surface area (Å²) in [5, 5.41) is 3.64. The summed E-state index contributed by atoms with van der Waals surface area (Å²) in [7, 11) is 3.90. The first-order valence-electron chi connectivity index (χ1n) is 6.99. The van der Waals surface area contributed by atoms with E-state index in [4.69, 9.17) is 4.74 Å². The lowest BCUT2D eigenvalue weighted by Crippen LogP contribution is -2.45. The van der Waals surface area contributed by atoms with E-state index in [0.29, 0.717) is 0 Å². The molecule has 1 heterocycles. The Morgan fingerprint density at radius 3 is 2.72 bits per heavy atom. The van der Waals surface area contributed by atoms with Crippen LogP contribution in [-0.2, 0) is 11.8 Å². The van der Waals surface area contributed by atoms with Gasteiger partial charge in [0.2, 0.25) is 0 Å². The van der Waals surface area contributed by atoms with Crippen molar-refractivity contribution in [1.29, 1.82) is 0 Å². The van der Waals surface area contributed by atoms with Gasteiger partial charge in [-0.15, -0.1) is 0 Å². The van der Waals surface area contributed by atoms with E-state index in [1.54, 1.807) is 0 Å². The number of imidazole rings is 1. The van der Waals surface area contributed by atoms with Gasteiger partial charge in [-0.1, -0.05) is 19.8 Å². The van der Waals surface area contributed by atoms with E-state index in [1.165, 1.54) is 12.8 Å². The number of aryl methyl sites for hydroxylation is 1. The predicted molar refractivity (Wildman–Crippen MR) is 72.5 cm³/mol. The van der Waals surface area contributed by atoms with Gasteiger partial charge >= 0.3 is 0 Å². The van der Waals surface area contributed by atoms with Crippen LogP contribution in [0, 0.1) is 0 Å². The van der Waals surface area contributed by atoms with Crippen LogP contribution in [0.2, 0.25) is 0 Å². The molecular weight excluding hydrogens is 226 g/mol. The second kappa shape index (κ2) is 5.85. The number of methoxy groups -OCH3 is 1. The Hall–Kier alpha value is -0.870. The molecule has 0 radical (unpaired) electrons.